The molecule has 4 saturated carbocycles. The van der Waals surface area contributed by atoms with Crippen LogP contribution in [-0.2, 0) is 7.05 Å². The van der Waals surface area contributed by atoms with Gasteiger partial charge in [-0.2, -0.15) is 0 Å². The minimum absolute atomic E-state index is 0.0408. The highest BCUT2D eigenvalue weighted by Gasteiger charge is 2.54. The first kappa shape index (κ1) is 20.7. The average molecular weight is 420 g/mol. The molecule has 0 spiro atoms. The lowest BCUT2D eigenvalue weighted by Gasteiger charge is -2.58. The lowest BCUT2D eigenvalue weighted by molar-refractivity contribution is -0.151. The minimum atomic E-state index is -0.473. The Kier molecular flexibility index (Phi) is 4.97. The number of nitrogens with zero attached hydrogens (tertiary/aromatic N) is 1. The summed E-state index contributed by atoms with van der Waals surface area (Å²) in [5.41, 5.74) is 2.42. The summed E-state index contributed by atoms with van der Waals surface area (Å²) in [6.07, 6.45) is 5.55. The SMILES string of the molecule is CC(C)c1cc(C(=O)c2ccccc2)n(C)c1C(=O)CC1C2CC3CC1CC(O)(C3)C2. The zero-order chi connectivity index (χ0) is 21.9. The zero-order valence-electron chi connectivity index (χ0n) is 18.8. The first-order chi connectivity index (χ1) is 14.8. The predicted molar refractivity (Wildman–Crippen MR) is 120 cm³/mol. The Balaban J connectivity index is 1.44. The molecule has 1 heterocycles. The molecule has 0 amide bonds. The smallest absolute Gasteiger partial charge is 0.209 e. The molecule has 4 aliphatic carbocycles. The third-order valence-electron chi connectivity index (χ3n) is 8.27. The van der Waals surface area contributed by atoms with Crippen molar-refractivity contribution >= 4 is 11.6 Å². The van der Waals surface area contributed by atoms with Crippen LogP contribution in [0.1, 0.15) is 90.4 Å². The molecule has 4 heteroatoms. The van der Waals surface area contributed by atoms with Crippen molar-refractivity contribution in [2.45, 2.75) is 63.9 Å². The maximum atomic E-state index is 13.6. The molecule has 1 N–H and O–H groups in total. The van der Waals surface area contributed by atoms with Gasteiger partial charge in [-0.25, -0.2) is 0 Å². The molecule has 4 nitrogen and oxygen atoms in total. The Morgan fingerprint density at radius 1 is 1.10 bits per heavy atom. The van der Waals surface area contributed by atoms with E-state index >= 15 is 0 Å². The normalized spacial score (nSPS) is 31.4. The molecule has 1 aromatic carbocycles. The Hall–Kier alpha value is -2.20. The topological polar surface area (TPSA) is 59.3 Å². The Morgan fingerprint density at radius 3 is 2.32 bits per heavy atom. The average Bonchev–Trinajstić information content (AvgIpc) is 3.07. The molecule has 6 rings (SSSR count). The van der Waals surface area contributed by atoms with Crippen molar-refractivity contribution < 1.29 is 14.7 Å². The Bertz CT molecular complexity index is 1000. The molecule has 4 bridgehead atoms. The van der Waals surface area contributed by atoms with Gasteiger partial charge < -0.3 is 9.67 Å². The van der Waals surface area contributed by atoms with Crippen LogP contribution in [0.2, 0.25) is 0 Å². The molecule has 2 atom stereocenters. The van der Waals surface area contributed by atoms with E-state index in [2.05, 4.69) is 13.8 Å². The van der Waals surface area contributed by atoms with Crippen molar-refractivity contribution in [3.05, 3.63) is 58.9 Å². The third kappa shape index (κ3) is 3.49. The number of carbonyl (C=O) groups is 2. The monoisotopic (exact) mass is 419 g/mol. The Labute approximate surface area is 184 Å². The van der Waals surface area contributed by atoms with Crippen molar-refractivity contribution in [2.24, 2.45) is 30.7 Å². The maximum Gasteiger partial charge on any atom is 0.209 e. The third-order valence-corrected chi connectivity index (χ3v) is 8.27. The molecular formula is C27H33NO3. The molecule has 2 unspecified atom stereocenters. The second kappa shape index (κ2) is 7.44. The van der Waals surface area contributed by atoms with Gasteiger partial charge in [-0.05, 0) is 73.3 Å². The summed E-state index contributed by atoms with van der Waals surface area (Å²) in [5.74, 6) is 2.23. The molecule has 2 aromatic rings. The highest BCUT2D eigenvalue weighted by molar-refractivity contribution is 6.09. The Morgan fingerprint density at radius 2 is 1.74 bits per heavy atom. The van der Waals surface area contributed by atoms with Gasteiger partial charge in [0, 0.05) is 19.0 Å². The van der Waals surface area contributed by atoms with E-state index < -0.39 is 5.60 Å². The summed E-state index contributed by atoms with van der Waals surface area (Å²) in [6.45, 7) is 4.17. The largest absolute Gasteiger partial charge is 0.390 e. The molecule has 0 aliphatic heterocycles. The second-order valence-corrected chi connectivity index (χ2v) is 10.7. The van der Waals surface area contributed by atoms with Crippen molar-refractivity contribution in [1.29, 1.82) is 0 Å². The predicted octanol–water partition coefficient (Wildman–Crippen LogP) is 5.14. The van der Waals surface area contributed by atoms with Gasteiger partial charge in [-0.15, -0.1) is 0 Å². The van der Waals surface area contributed by atoms with E-state index in [4.69, 9.17) is 0 Å². The lowest BCUT2D eigenvalue weighted by atomic mass is 9.49. The number of Topliss-reactive ketones (excluding diaryl/α,β-unsaturated/α-hetero) is 1. The number of ketones is 2. The van der Waals surface area contributed by atoms with Crippen LogP contribution in [0.3, 0.4) is 0 Å². The van der Waals surface area contributed by atoms with Crippen LogP contribution in [0.4, 0.5) is 0 Å². The van der Waals surface area contributed by atoms with Gasteiger partial charge in [-0.3, -0.25) is 9.59 Å². The van der Waals surface area contributed by atoms with Gasteiger partial charge in [0.05, 0.1) is 17.0 Å². The number of carbonyl (C=O) groups excluding carboxylic acids is 2. The van der Waals surface area contributed by atoms with Gasteiger partial charge >= 0.3 is 0 Å². The summed E-state index contributed by atoms with van der Waals surface area (Å²) in [7, 11) is 1.86. The van der Waals surface area contributed by atoms with Gasteiger partial charge in [0.2, 0.25) is 5.78 Å². The first-order valence-electron chi connectivity index (χ1n) is 11.8. The number of hydrogen-bond donors (Lipinski definition) is 1. The summed E-state index contributed by atoms with van der Waals surface area (Å²) < 4.78 is 1.83. The molecule has 4 fully saturated rings. The van der Waals surface area contributed by atoms with Crippen LogP contribution in [0.25, 0.3) is 0 Å². The molecular weight excluding hydrogens is 386 g/mol. The summed E-state index contributed by atoms with van der Waals surface area (Å²) in [5, 5.41) is 10.9. The van der Waals surface area contributed by atoms with Gasteiger partial charge in [-0.1, -0.05) is 44.2 Å². The maximum absolute atomic E-state index is 13.6. The van der Waals surface area contributed by atoms with Gasteiger partial charge in [0.1, 0.15) is 0 Å². The molecule has 0 radical (unpaired) electrons. The fourth-order valence-corrected chi connectivity index (χ4v) is 7.10. The first-order valence-corrected chi connectivity index (χ1v) is 11.8. The van der Waals surface area contributed by atoms with Crippen LogP contribution in [0.5, 0.6) is 0 Å². The quantitative estimate of drug-likeness (QED) is 0.660. The number of hydrogen-bond acceptors (Lipinski definition) is 3. The number of aliphatic hydroxyl groups is 1. The van der Waals surface area contributed by atoms with Crippen molar-refractivity contribution in [1.82, 2.24) is 4.57 Å². The fourth-order valence-electron chi connectivity index (χ4n) is 7.10. The van der Waals surface area contributed by atoms with Crippen LogP contribution in [0.15, 0.2) is 36.4 Å². The van der Waals surface area contributed by atoms with Crippen LogP contribution < -0.4 is 0 Å². The van der Waals surface area contributed by atoms with E-state index in [9.17, 15) is 14.7 Å². The molecule has 1 aromatic heterocycles. The molecule has 4 aliphatic rings. The second-order valence-electron chi connectivity index (χ2n) is 10.7. The number of rotatable bonds is 6. The molecule has 0 saturated heterocycles. The van der Waals surface area contributed by atoms with E-state index in [1.54, 1.807) is 0 Å². The van der Waals surface area contributed by atoms with Crippen molar-refractivity contribution in [3.63, 3.8) is 0 Å². The van der Waals surface area contributed by atoms with E-state index in [0.717, 1.165) is 24.8 Å². The van der Waals surface area contributed by atoms with Crippen LogP contribution >= 0.6 is 0 Å². The fraction of sp³-hybridized carbons (Fsp3) is 0.556. The number of aromatic nitrogens is 1. The highest BCUT2D eigenvalue weighted by Crippen LogP contribution is 2.59. The van der Waals surface area contributed by atoms with Crippen molar-refractivity contribution in [2.75, 3.05) is 0 Å². The number of benzene rings is 1. The molecule has 164 valence electrons. The summed E-state index contributed by atoms with van der Waals surface area (Å²) in [6, 6.07) is 11.2. The molecule has 31 heavy (non-hydrogen) atoms. The van der Waals surface area contributed by atoms with E-state index in [1.165, 1.54) is 12.8 Å². The van der Waals surface area contributed by atoms with Gasteiger partial charge in [0.25, 0.3) is 0 Å². The van der Waals surface area contributed by atoms with E-state index in [-0.39, 0.29) is 17.5 Å². The van der Waals surface area contributed by atoms with Crippen molar-refractivity contribution in [3.8, 4) is 0 Å². The lowest BCUT2D eigenvalue weighted by Crippen LogP contribution is -2.54. The highest BCUT2D eigenvalue weighted by atomic mass is 16.3. The standard InChI is InChI=1S/C27H33NO3/c1-16(2)21-11-23(26(30)18-7-5-4-6-8-18)28(3)25(21)24(29)12-22-19-9-17-10-20(22)15-27(31,13-17)14-19/h4-8,11,16-17,19-20,22,31H,9-10,12-15H2,1-3H3. The van der Waals surface area contributed by atoms with Crippen LogP contribution in [0, 0.1) is 23.7 Å². The van der Waals surface area contributed by atoms with E-state index in [1.807, 2.05) is 48.0 Å². The summed E-state index contributed by atoms with van der Waals surface area (Å²) >= 11 is 0. The summed E-state index contributed by atoms with van der Waals surface area (Å²) in [4.78, 5) is 26.8. The van der Waals surface area contributed by atoms with E-state index in [0.29, 0.717) is 47.0 Å². The minimum Gasteiger partial charge on any atom is -0.390 e. The van der Waals surface area contributed by atoms with Gasteiger partial charge in [0.15, 0.2) is 5.78 Å². The zero-order valence-corrected chi connectivity index (χ0v) is 18.8. The van der Waals surface area contributed by atoms with Crippen LogP contribution in [-0.4, -0.2) is 26.8 Å².